The van der Waals surface area contributed by atoms with Crippen molar-refractivity contribution in [2.75, 3.05) is 13.1 Å². The molecule has 3 aromatic rings. The Bertz CT molecular complexity index is 857. The third-order valence-electron chi connectivity index (χ3n) is 3.52. The molecular formula is C17H20N2O5S. The zero-order valence-corrected chi connectivity index (χ0v) is 14.8. The summed E-state index contributed by atoms with van der Waals surface area (Å²) >= 11 is 0. The fourth-order valence-corrected chi connectivity index (χ4v) is 3.54. The van der Waals surface area contributed by atoms with Crippen LogP contribution >= 0.6 is 0 Å². The Morgan fingerprint density at radius 3 is 1.96 bits per heavy atom. The first-order valence-electron chi connectivity index (χ1n) is 7.64. The van der Waals surface area contributed by atoms with Crippen molar-refractivity contribution in [1.29, 1.82) is 0 Å². The molecule has 0 radical (unpaired) electrons. The molecule has 1 amide bonds. The molecule has 0 saturated carbocycles. The number of nitrogens with zero attached hydrogens (tertiary/aromatic N) is 1. The molecule has 0 spiro atoms. The highest BCUT2D eigenvalue weighted by atomic mass is 32.2. The summed E-state index contributed by atoms with van der Waals surface area (Å²) in [5.41, 5.74) is 4.30. The number of likely N-dealkylation sites (N-methyl/N-ethyl adjacent to an activating group) is 1. The fourth-order valence-electron chi connectivity index (χ4n) is 2.13. The largest absolute Gasteiger partial charge is 0.457 e. The molecule has 2 heterocycles. The van der Waals surface area contributed by atoms with E-state index in [4.69, 9.17) is 9.62 Å². The van der Waals surface area contributed by atoms with Gasteiger partial charge in [0.1, 0.15) is 11.2 Å². The van der Waals surface area contributed by atoms with Crippen LogP contribution in [0.25, 0.3) is 11.2 Å². The summed E-state index contributed by atoms with van der Waals surface area (Å²) in [7, 11) is -3.71. The molecule has 0 aliphatic rings. The highest BCUT2D eigenvalue weighted by molar-refractivity contribution is 7.89. The second kappa shape index (κ2) is 8.11. The predicted octanol–water partition coefficient (Wildman–Crippen LogP) is 2.38. The van der Waals surface area contributed by atoms with Crippen LogP contribution in [0, 0.1) is 6.92 Å². The number of furan rings is 2. The zero-order chi connectivity index (χ0) is 18.4. The number of carbonyl (C=O) groups excluding carboxylic acids is 1. The SMILES string of the molecule is CCN(CC(=O)NO)S(=O)(=O)c1ccc(C)cc1.c1cc2ccc1o2. The third-order valence-corrected chi connectivity index (χ3v) is 5.45. The van der Waals surface area contributed by atoms with E-state index in [1.807, 2.05) is 31.2 Å². The Kier molecular flexibility index (Phi) is 6.13. The number of fused-ring (bicyclic) bond motifs is 2. The van der Waals surface area contributed by atoms with E-state index in [0.717, 1.165) is 21.0 Å². The van der Waals surface area contributed by atoms with Crippen LogP contribution in [0.4, 0.5) is 0 Å². The van der Waals surface area contributed by atoms with E-state index in [9.17, 15) is 13.2 Å². The summed E-state index contributed by atoms with van der Waals surface area (Å²) in [6.07, 6.45) is 0. The minimum absolute atomic E-state index is 0.126. The maximum atomic E-state index is 12.2. The lowest BCUT2D eigenvalue weighted by molar-refractivity contribution is -0.129. The first-order chi connectivity index (χ1) is 11.9. The molecule has 0 fully saturated rings. The van der Waals surface area contributed by atoms with Crippen molar-refractivity contribution in [3.63, 3.8) is 0 Å². The number of carbonyl (C=O) groups is 1. The Labute approximate surface area is 146 Å². The van der Waals surface area contributed by atoms with Gasteiger partial charge in [-0.05, 0) is 43.3 Å². The van der Waals surface area contributed by atoms with Gasteiger partial charge in [-0.3, -0.25) is 10.0 Å². The average molecular weight is 364 g/mol. The van der Waals surface area contributed by atoms with Crippen molar-refractivity contribution in [2.45, 2.75) is 18.7 Å². The summed E-state index contributed by atoms with van der Waals surface area (Å²) in [6.45, 7) is 3.20. The van der Waals surface area contributed by atoms with E-state index in [1.165, 1.54) is 17.6 Å². The van der Waals surface area contributed by atoms with Gasteiger partial charge in [0.25, 0.3) is 5.91 Å². The normalized spacial score (nSPS) is 11.4. The third kappa shape index (κ3) is 4.79. The molecule has 0 aliphatic heterocycles. The van der Waals surface area contributed by atoms with Crippen molar-refractivity contribution in [3.05, 3.63) is 54.1 Å². The van der Waals surface area contributed by atoms with E-state index in [1.54, 1.807) is 19.1 Å². The summed E-state index contributed by atoms with van der Waals surface area (Å²) in [6, 6.07) is 14.2. The number of benzene rings is 2. The average Bonchev–Trinajstić information content (AvgIpc) is 3.26. The molecule has 8 heteroatoms. The molecule has 3 rings (SSSR count). The van der Waals surface area contributed by atoms with E-state index in [2.05, 4.69) is 0 Å². The van der Waals surface area contributed by atoms with Crippen LogP contribution in [-0.2, 0) is 14.8 Å². The molecular weight excluding hydrogens is 344 g/mol. The number of sulfonamides is 1. The van der Waals surface area contributed by atoms with Crippen LogP contribution in [0.1, 0.15) is 12.5 Å². The van der Waals surface area contributed by atoms with E-state index in [-0.39, 0.29) is 11.4 Å². The lowest BCUT2D eigenvalue weighted by atomic mass is 10.2. The van der Waals surface area contributed by atoms with Crippen LogP contribution in [0.15, 0.2) is 57.8 Å². The first kappa shape index (κ1) is 18.9. The molecule has 0 aliphatic carbocycles. The van der Waals surface area contributed by atoms with Gasteiger partial charge in [-0.25, -0.2) is 13.9 Å². The van der Waals surface area contributed by atoms with Gasteiger partial charge < -0.3 is 4.42 Å². The molecule has 25 heavy (non-hydrogen) atoms. The minimum Gasteiger partial charge on any atom is -0.457 e. The highest BCUT2D eigenvalue weighted by Crippen LogP contribution is 2.16. The van der Waals surface area contributed by atoms with Gasteiger partial charge in [0, 0.05) is 6.54 Å². The molecule has 7 nitrogen and oxygen atoms in total. The molecule has 0 atom stereocenters. The molecule has 0 unspecified atom stereocenters. The van der Waals surface area contributed by atoms with Crippen LogP contribution < -0.4 is 5.48 Å². The number of hydrogen-bond donors (Lipinski definition) is 2. The van der Waals surface area contributed by atoms with Crippen molar-refractivity contribution < 1.29 is 22.8 Å². The van der Waals surface area contributed by atoms with Gasteiger partial charge in [-0.1, -0.05) is 24.6 Å². The quantitative estimate of drug-likeness (QED) is 0.535. The standard InChI is InChI=1S/C11H16N2O4S.C6H4O/c1-3-13(8-11(14)12-15)18(16,17)10-6-4-9(2)5-7-10;1-2-6-4-3-5(1)7-6/h4-7,15H,3,8H2,1-2H3,(H,12,14);1-4H. The second-order valence-electron chi connectivity index (χ2n) is 5.35. The molecule has 1 aromatic carbocycles. The molecule has 2 N–H and O–H groups in total. The number of rotatable bonds is 5. The number of aryl methyl sites for hydroxylation is 1. The lowest BCUT2D eigenvalue weighted by Gasteiger charge is -2.19. The van der Waals surface area contributed by atoms with Crippen LogP contribution in [0.3, 0.4) is 0 Å². The maximum absolute atomic E-state index is 12.2. The van der Waals surface area contributed by atoms with Gasteiger partial charge in [-0.2, -0.15) is 4.31 Å². The predicted molar refractivity (Wildman–Crippen MR) is 92.9 cm³/mol. The smallest absolute Gasteiger partial charge is 0.258 e. The Morgan fingerprint density at radius 2 is 1.60 bits per heavy atom. The van der Waals surface area contributed by atoms with E-state index in [0.29, 0.717) is 0 Å². The van der Waals surface area contributed by atoms with Crippen molar-refractivity contribution in [2.24, 2.45) is 0 Å². The van der Waals surface area contributed by atoms with E-state index < -0.39 is 22.5 Å². The van der Waals surface area contributed by atoms with Crippen molar-refractivity contribution >= 4 is 27.1 Å². The van der Waals surface area contributed by atoms with Gasteiger partial charge in [0.05, 0.1) is 11.4 Å². The summed E-state index contributed by atoms with van der Waals surface area (Å²) in [5.74, 6) is -0.771. The van der Waals surface area contributed by atoms with Crippen molar-refractivity contribution in [1.82, 2.24) is 9.79 Å². The van der Waals surface area contributed by atoms with Crippen LogP contribution in [-0.4, -0.2) is 36.9 Å². The molecule has 2 aromatic heterocycles. The first-order valence-corrected chi connectivity index (χ1v) is 9.08. The zero-order valence-electron chi connectivity index (χ0n) is 14.0. The second-order valence-corrected chi connectivity index (χ2v) is 7.29. The van der Waals surface area contributed by atoms with Gasteiger partial charge in [0.15, 0.2) is 0 Å². The number of nitrogens with one attached hydrogen (secondary N) is 1. The summed E-state index contributed by atoms with van der Waals surface area (Å²) in [4.78, 5) is 11.2. The van der Waals surface area contributed by atoms with Crippen LogP contribution in [0.2, 0.25) is 0 Å². The maximum Gasteiger partial charge on any atom is 0.258 e. The van der Waals surface area contributed by atoms with Gasteiger partial charge in [-0.15, -0.1) is 0 Å². The van der Waals surface area contributed by atoms with Gasteiger partial charge >= 0.3 is 0 Å². The van der Waals surface area contributed by atoms with Crippen LogP contribution in [0.5, 0.6) is 0 Å². The molecule has 0 saturated heterocycles. The Hall–Kier alpha value is -2.42. The monoisotopic (exact) mass is 364 g/mol. The Morgan fingerprint density at radius 1 is 1.08 bits per heavy atom. The Balaban J connectivity index is 0.000000261. The van der Waals surface area contributed by atoms with Crippen molar-refractivity contribution in [3.8, 4) is 0 Å². The molecule has 134 valence electrons. The molecule has 2 bridgehead atoms. The fraction of sp³-hybridized carbons (Fsp3) is 0.235. The number of hydrogen-bond acceptors (Lipinski definition) is 5. The van der Waals surface area contributed by atoms with E-state index >= 15 is 0 Å². The highest BCUT2D eigenvalue weighted by Gasteiger charge is 2.24. The lowest BCUT2D eigenvalue weighted by Crippen LogP contribution is -2.39. The number of hydroxylamine groups is 1. The number of amides is 1. The topological polar surface area (TPSA) is 99.9 Å². The van der Waals surface area contributed by atoms with Gasteiger partial charge in [0.2, 0.25) is 10.0 Å². The summed E-state index contributed by atoms with van der Waals surface area (Å²) in [5, 5.41) is 8.43. The summed E-state index contributed by atoms with van der Waals surface area (Å²) < 4.78 is 30.5. The minimum atomic E-state index is -3.71.